The number of hydrogen-bond acceptors (Lipinski definition) is 2. The fraction of sp³-hybridized carbons (Fsp3) is 1.00. The van der Waals surface area contributed by atoms with Gasteiger partial charge < -0.3 is 5.73 Å². The number of hydrogen-bond donors (Lipinski definition) is 1. The molecule has 0 spiro atoms. The van der Waals surface area contributed by atoms with Gasteiger partial charge in [-0.3, -0.25) is 0 Å². The second-order valence-corrected chi connectivity index (χ2v) is 5.07. The van der Waals surface area contributed by atoms with Gasteiger partial charge in [-0.05, 0) is 30.4 Å². The Morgan fingerprint density at radius 1 is 1.55 bits per heavy atom. The van der Waals surface area contributed by atoms with E-state index in [0.717, 1.165) is 11.8 Å². The van der Waals surface area contributed by atoms with E-state index in [1.807, 2.05) is 11.8 Å². The first-order valence-electron chi connectivity index (χ1n) is 4.53. The van der Waals surface area contributed by atoms with Gasteiger partial charge in [0, 0.05) is 11.8 Å². The third kappa shape index (κ3) is 3.04. The third-order valence-corrected chi connectivity index (χ3v) is 3.47. The monoisotopic (exact) mass is 173 g/mol. The summed E-state index contributed by atoms with van der Waals surface area (Å²) in [4.78, 5) is 0. The standard InChI is InChI=1S/C9H19NS/c1-7(2)5-8-3-4-11-6-9(8)10/h7-9H,3-6,10H2,1-2H3. The minimum absolute atomic E-state index is 0.469. The van der Waals surface area contributed by atoms with Crippen LogP contribution in [0.1, 0.15) is 26.7 Å². The summed E-state index contributed by atoms with van der Waals surface area (Å²) >= 11 is 2.01. The van der Waals surface area contributed by atoms with Gasteiger partial charge in [-0.25, -0.2) is 0 Å². The van der Waals surface area contributed by atoms with Gasteiger partial charge in [-0.2, -0.15) is 11.8 Å². The minimum atomic E-state index is 0.469. The maximum Gasteiger partial charge on any atom is 0.0159 e. The van der Waals surface area contributed by atoms with E-state index in [1.165, 1.54) is 24.3 Å². The Labute approximate surface area is 74.1 Å². The van der Waals surface area contributed by atoms with Crippen molar-refractivity contribution in [2.75, 3.05) is 11.5 Å². The Balaban J connectivity index is 2.29. The van der Waals surface area contributed by atoms with Crippen LogP contribution in [0.2, 0.25) is 0 Å². The average Bonchev–Trinajstić information content (AvgIpc) is 1.93. The molecular weight excluding hydrogens is 154 g/mol. The van der Waals surface area contributed by atoms with Gasteiger partial charge in [0.25, 0.3) is 0 Å². The van der Waals surface area contributed by atoms with Crippen LogP contribution in [0.25, 0.3) is 0 Å². The Morgan fingerprint density at radius 2 is 2.27 bits per heavy atom. The van der Waals surface area contributed by atoms with Crippen molar-refractivity contribution in [2.24, 2.45) is 17.6 Å². The second kappa shape index (κ2) is 4.36. The Hall–Kier alpha value is 0.310. The van der Waals surface area contributed by atoms with Crippen molar-refractivity contribution in [3.63, 3.8) is 0 Å². The second-order valence-electron chi connectivity index (χ2n) is 3.92. The zero-order valence-electron chi connectivity index (χ0n) is 7.55. The summed E-state index contributed by atoms with van der Waals surface area (Å²) in [6.07, 6.45) is 2.66. The Bertz CT molecular complexity index is 114. The van der Waals surface area contributed by atoms with Crippen LogP contribution >= 0.6 is 11.8 Å². The smallest absolute Gasteiger partial charge is 0.0159 e. The van der Waals surface area contributed by atoms with Crippen molar-refractivity contribution in [3.05, 3.63) is 0 Å². The highest BCUT2D eigenvalue weighted by molar-refractivity contribution is 7.99. The van der Waals surface area contributed by atoms with Gasteiger partial charge >= 0.3 is 0 Å². The predicted octanol–water partition coefficient (Wildman–Crippen LogP) is 2.11. The minimum Gasteiger partial charge on any atom is -0.327 e. The van der Waals surface area contributed by atoms with Crippen molar-refractivity contribution in [2.45, 2.75) is 32.7 Å². The summed E-state index contributed by atoms with van der Waals surface area (Å²) in [6.45, 7) is 4.57. The van der Waals surface area contributed by atoms with Gasteiger partial charge in [0.05, 0.1) is 0 Å². The summed E-state index contributed by atoms with van der Waals surface area (Å²) in [5.74, 6) is 4.12. The van der Waals surface area contributed by atoms with E-state index >= 15 is 0 Å². The van der Waals surface area contributed by atoms with Crippen LogP contribution in [0.4, 0.5) is 0 Å². The molecule has 2 atom stereocenters. The quantitative estimate of drug-likeness (QED) is 0.692. The summed E-state index contributed by atoms with van der Waals surface area (Å²) in [5.41, 5.74) is 6.01. The molecule has 1 nitrogen and oxygen atoms in total. The molecule has 1 fully saturated rings. The summed E-state index contributed by atoms with van der Waals surface area (Å²) in [7, 11) is 0. The molecule has 0 aliphatic carbocycles. The topological polar surface area (TPSA) is 26.0 Å². The molecule has 1 heterocycles. The molecule has 1 aliphatic heterocycles. The average molecular weight is 173 g/mol. The van der Waals surface area contributed by atoms with Crippen molar-refractivity contribution in [1.82, 2.24) is 0 Å². The lowest BCUT2D eigenvalue weighted by Gasteiger charge is -2.29. The van der Waals surface area contributed by atoms with Crippen molar-refractivity contribution < 1.29 is 0 Å². The summed E-state index contributed by atoms with van der Waals surface area (Å²) < 4.78 is 0. The number of thioether (sulfide) groups is 1. The maximum atomic E-state index is 6.01. The largest absolute Gasteiger partial charge is 0.327 e. The lowest BCUT2D eigenvalue weighted by atomic mass is 9.89. The maximum absolute atomic E-state index is 6.01. The molecular formula is C9H19NS. The molecule has 2 N–H and O–H groups in total. The Morgan fingerprint density at radius 3 is 2.82 bits per heavy atom. The molecule has 2 heteroatoms. The van der Waals surface area contributed by atoms with E-state index in [0.29, 0.717) is 6.04 Å². The molecule has 0 saturated carbocycles. The van der Waals surface area contributed by atoms with Gasteiger partial charge in [-0.15, -0.1) is 0 Å². The number of rotatable bonds is 2. The van der Waals surface area contributed by atoms with Crippen molar-refractivity contribution in [3.8, 4) is 0 Å². The molecule has 1 rings (SSSR count). The van der Waals surface area contributed by atoms with Crippen molar-refractivity contribution in [1.29, 1.82) is 0 Å². The predicted molar refractivity (Wildman–Crippen MR) is 52.9 cm³/mol. The normalized spacial score (nSPS) is 32.7. The van der Waals surface area contributed by atoms with Crippen LogP contribution in [0.5, 0.6) is 0 Å². The molecule has 1 saturated heterocycles. The molecule has 66 valence electrons. The first-order chi connectivity index (χ1) is 5.20. The molecule has 0 aromatic carbocycles. The zero-order chi connectivity index (χ0) is 8.27. The molecule has 11 heavy (non-hydrogen) atoms. The fourth-order valence-corrected chi connectivity index (χ4v) is 2.88. The van der Waals surface area contributed by atoms with Gasteiger partial charge in [0.15, 0.2) is 0 Å². The van der Waals surface area contributed by atoms with E-state index in [9.17, 15) is 0 Å². The van der Waals surface area contributed by atoms with E-state index in [4.69, 9.17) is 5.73 Å². The van der Waals surface area contributed by atoms with Crippen LogP contribution in [0.15, 0.2) is 0 Å². The highest BCUT2D eigenvalue weighted by Crippen LogP contribution is 2.26. The zero-order valence-corrected chi connectivity index (χ0v) is 8.36. The highest BCUT2D eigenvalue weighted by Gasteiger charge is 2.22. The first kappa shape index (κ1) is 9.40. The van der Waals surface area contributed by atoms with Gasteiger partial charge in [-0.1, -0.05) is 13.8 Å². The first-order valence-corrected chi connectivity index (χ1v) is 5.69. The molecule has 2 unspecified atom stereocenters. The highest BCUT2D eigenvalue weighted by atomic mass is 32.2. The molecule has 0 radical (unpaired) electrons. The Kier molecular flexibility index (Phi) is 3.73. The lowest BCUT2D eigenvalue weighted by molar-refractivity contribution is 0.349. The summed E-state index contributed by atoms with van der Waals surface area (Å²) in [6, 6.07) is 0.469. The van der Waals surface area contributed by atoms with Gasteiger partial charge in [0.2, 0.25) is 0 Å². The molecule has 0 aromatic heterocycles. The molecule has 0 bridgehead atoms. The van der Waals surface area contributed by atoms with Crippen LogP contribution in [-0.4, -0.2) is 17.5 Å². The van der Waals surface area contributed by atoms with E-state index in [-0.39, 0.29) is 0 Å². The van der Waals surface area contributed by atoms with Crippen molar-refractivity contribution >= 4 is 11.8 Å². The van der Waals surface area contributed by atoms with E-state index in [1.54, 1.807) is 0 Å². The van der Waals surface area contributed by atoms with Crippen LogP contribution in [0, 0.1) is 11.8 Å². The SMILES string of the molecule is CC(C)CC1CCSCC1N. The third-order valence-electron chi connectivity index (χ3n) is 2.32. The molecule has 0 aromatic rings. The van der Waals surface area contributed by atoms with E-state index in [2.05, 4.69) is 13.8 Å². The van der Waals surface area contributed by atoms with Gasteiger partial charge in [0.1, 0.15) is 0 Å². The van der Waals surface area contributed by atoms with E-state index < -0.39 is 0 Å². The fourth-order valence-electron chi connectivity index (χ4n) is 1.70. The molecule has 0 amide bonds. The van der Waals surface area contributed by atoms with Crippen LogP contribution < -0.4 is 5.73 Å². The summed E-state index contributed by atoms with van der Waals surface area (Å²) in [5, 5.41) is 0. The molecule has 1 aliphatic rings. The lowest BCUT2D eigenvalue weighted by Crippen LogP contribution is -2.36. The van der Waals surface area contributed by atoms with Crippen LogP contribution in [-0.2, 0) is 0 Å². The van der Waals surface area contributed by atoms with Crippen LogP contribution in [0.3, 0.4) is 0 Å². The number of nitrogens with two attached hydrogens (primary N) is 1.